The number of carbonyl (C=O) groups excluding carboxylic acids is 1. The molecule has 1 saturated heterocycles. The first-order valence-corrected chi connectivity index (χ1v) is 7.78. The largest absolute Gasteiger partial charge is 0.384 e. The Morgan fingerprint density at radius 3 is 2.86 bits per heavy atom. The summed E-state index contributed by atoms with van der Waals surface area (Å²) in [6.07, 6.45) is 2.05. The molecule has 2 atom stereocenters. The zero-order chi connectivity index (χ0) is 15.4. The van der Waals surface area contributed by atoms with Crippen molar-refractivity contribution in [3.05, 3.63) is 29.3 Å². The van der Waals surface area contributed by atoms with Crippen molar-refractivity contribution in [2.75, 3.05) is 25.5 Å². The lowest BCUT2D eigenvalue weighted by atomic mass is 10.0. The number of ether oxygens (including phenoxy) is 1. The maximum Gasteiger partial charge on any atom is 0.256 e. The van der Waals surface area contributed by atoms with E-state index in [4.69, 9.17) is 4.74 Å². The van der Waals surface area contributed by atoms with Crippen molar-refractivity contribution in [3.63, 3.8) is 0 Å². The summed E-state index contributed by atoms with van der Waals surface area (Å²) in [4.78, 5) is 14.7. The number of nitrogens with one attached hydrogen (secondary N) is 1. The summed E-state index contributed by atoms with van der Waals surface area (Å²) in [6, 6.07) is 6.17. The molecule has 0 radical (unpaired) electrons. The van der Waals surface area contributed by atoms with Crippen LogP contribution in [0.5, 0.6) is 0 Å². The highest BCUT2D eigenvalue weighted by Gasteiger charge is 2.31. The number of aryl methyl sites for hydroxylation is 1. The minimum atomic E-state index is 0.0691. The first kappa shape index (κ1) is 15.8. The van der Waals surface area contributed by atoms with Crippen molar-refractivity contribution in [2.45, 2.75) is 45.8 Å². The number of hydrogen-bond donors (Lipinski definition) is 1. The van der Waals surface area contributed by atoms with Gasteiger partial charge in [0.25, 0.3) is 5.91 Å². The van der Waals surface area contributed by atoms with Gasteiger partial charge in [0.1, 0.15) is 0 Å². The van der Waals surface area contributed by atoms with E-state index in [1.165, 1.54) is 0 Å². The van der Waals surface area contributed by atoms with Gasteiger partial charge in [-0.1, -0.05) is 18.6 Å². The second kappa shape index (κ2) is 6.94. The van der Waals surface area contributed by atoms with Gasteiger partial charge in [-0.25, -0.2) is 0 Å². The van der Waals surface area contributed by atoms with Gasteiger partial charge in [-0.15, -0.1) is 0 Å². The van der Waals surface area contributed by atoms with Gasteiger partial charge in [0, 0.05) is 25.9 Å². The van der Waals surface area contributed by atoms with E-state index in [1.807, 2.05) is 44.0 Å². The fourth-order valence-electron chi connectivity index (χ4n) is 2.82. The van der Waals surface area contributed by atoms with Gasteiger partial charge in [-0.05, 0) is 38.8 Å². The third-order valence-electron chi connectivity index (χ3n) is 4.12. The van der Waals surface area contributed by atoms with E-state index in [0.717, 1.165) is 42.8 Å². The van der Waals surface area contributed by atoms with Crippen LogP contribution in [0.25, 0.3) is 0 Å². The third kappa shape index (κ3) is 3.56. The van der Waals surface area contributed by atoms with Crippen molar-refractivity contribution >= 4 is 11.6 Å². The molecule has 1 fully saturated rings. The molecule has 0 saturated carbocycles. The molecule has 1 heterocycles. The zero-order valence-electron chi connectivity index (χ0n) is 13.5. The summed E-state index contributed by atoms with van der Waals surface area (Å²) in [5.41, 5.74) is 2.78. The van der Waals surface area contributed by atoms with Crippen molar-refractivity contribution in [1.82, 2.24) is 4.90 Å². The van der Waals surface area contributed by atoms with E-state index >= 15 is 0 Å². The lowest BCUT2D eigenvalue weighted by Gasteiger charge is -2.27. The van der Waals surface area contributed by atoms with E-state index in [0.29, 0.717) is 0 Å². The van der Waals surface area contributed by atoms with E-state index in [1.54, 1.807) is 0 Å². The average Bonchev–Trinajstić information content (AvgIpc) is 2.90. The number of benzene rings is 1. The molecule has 0 aliphatic carbocycles. The number of likely N-dealkylation sites (N-methyl/N-ethyl adjacent to an activating group) is 1. The quantitative estimate of drug-likeness (QED) is 0.906. The summed E-state index contributed by atoms with van der Waals surface area (Å²) in [7, 11) is 1.88. The number of rotatable bonds is 5. The SMILES string of the molecule is CCCNc1ccc(C)cc1C(=O)N(C)C1CCOC1C. The second-order valence-electron chi connectivity index (χ2n) is 5.82. The smallest absolute Gasteiger partial charge is 0.256 e. The van der Waals surface area contributed by atoms with Gasteiger partial charge >= 0.3 is 0 Å². The molecule has 2 rings (SSSR count). The Kier molecular flexibility index (Phi) is 5.23. The highest BCUT2D eigenvalue weighted by molar-refractivity contribution is 6.00. The predicted octanol–water partition coefficient (Wildman–Crippen LogP) is 3.07. The van der Waals surface area contributed by atoms with Gasteiger partial charge in [0.2, 0.25) is 0 Å². The molecule has 1 N–H and O–H groups in total. The average molecular weight is 290 g/mol. The molecule has 4 nitrogen and oxygen atoms in total. The van der Waals surface area contributed by atoms with Crippen LogP contribution in [-0.4, -0.2) is 43.2 Å². The highest BCUT2D eigenvalue weighted by atomic mass is 16.5. The van der Waals surface area contributed by atoms with E-state index in [-0.39, 0.29) is 18.1 Å². The topological polar surface area (TPSA) is 41.6 Å². The molecule has 21 heavy (non-hydrogen) atoms. The Morgan fingerprint density at radius 2 is 2.24 bits per heavy atom. The molecule has 2 unspecified atom stereocenters. The Bertz CT molecular complexity index is 502. The standard InChI is InChI=1S/C17H26N2O2/c1-5-9-18-15-7-6-12(2)11-14(15)17(20)19(4)16-8-10-21-13(16)3/h6-7,11,13,16,18H,5,8-10H2,1-4H3. The van der Waals surface area contributed by atoms with Crippen molar-refractivity contribution in [2.24, 2.45) is 0 Å². The maximum absolute atomic E-state index is 12.8. The summed E-state index contributed by atoms with van der Waals surface area (Å²) in [5, 5.41) is 3.35. The second-order valence-corrected chi connectivity index (χ2v) is 5.82. The predicted molar refractivity (Wildman–Crippen MR) is 85.9 cm³/mol. The summed E-state index contributed by atoms with van der Waals surface area (Å²) < 4.78 is 5.58. The number of hydrogen-bond acceptors (Lipinski definition) is 3. The molecule has 1 aliphatic heterocycles. The molecule has 1 amide bonds. The minimum absolute atomic E-state index is 0.0691. The fraction of sp³-hybridized carbons (Fsp3) is 0.588. The number of nitrogens with zero attached hydrogens (tertiary/aromatic N) is 1. The van der Waals surface area contributed by atoms with Crippen LogP contribution in [0.1, 0.15) is 42.6 Å². The van der Waals surface area contributed by atoms with Gasteiger partial charge in [0.15, 0.2) is 0 Å². The number of amides is 1. The van der Waals surface area contributed by atoms with Gasteiger partial charge < -0.3 is 15.0 Å². The van der Waals surface area contributed by atoms with E-state index in [2.05, 4.69) is 12.2 Å². The summed E-state index contributed by atoms with van der Waals surface area (Å²) in [5.74, 6) is 0.0691. The monoisotopic (exact) mass is 290 g/mol. The summed E-state index contributed by atoms with van der Waals surface area (Å²) in [6.45, 7) is 7.77. The zero-order valence-corrected chi connectivity index (χ0v) is 13.5. The molecular formula is C17H26N2O2. The Hall–Kier alpha value is -1.55. The van der Waals surface area contributed by atoms with Crippen LogP contribution in [0.3, 0.4) is 0 Å². The molecule has 1 aliphatic rings. The van der Waals surface area contributed by atoms with Crippen LogP contribution in [0, 0.1) is 6.92 Å². The Labute approximate surface area is 127 Å². The summed E-state index contributed by atoms with van der Waals surface area (Å²) >= 11 is 0. The van der Waals surface area contributed by atoms with Crippen LogP contribution in [0.4, 0.5) is 5.69 Å². The van der Waals surface area contributed by atoms with E-state index in [9.17, 15) is 4.79 Å². The number of carbonyl (C=O) groups is 1. The maximum atomic E-state index is 12.8. The molecule has 1 aromatic carbocycles. The van der Waals surface area contributed by atoms with Crippen LogP contribution in [-0.2, 0) is 4.74 Å². The van der Waals surface area contributed by atoms with Gasteiger partial charge in [0.05, 0.1) is 17.7 Å². The molecule has 1 aromatic rings. The highest BCUT2D eigenvalue weighted by Crippen LogP contribution is 2.24. The first-order valence-electron chi connectivity index (χ1n) is 7.78. The number of anilines is 1. The third-order valence-corrected chi connectivity index (χ3v) is 4.12. The normalized spacial score (nSPS) is 21.3. The lowest BCUT2D eigenvalue weighted by molar-refractivity contribution is 0.0575. The van der Waals surface area contributed by atoms with Crippen LogP contribution >= 0.6 is 0 Å². The molecule has 0 spiro atoms. The minimum Gasteiger partial charge on any atom is -0.384 e. The molecule has 0 bridgehead atoms. The van der Waals surface area contributed by atoms with E-state index < -0.39 is 0 Å². The van der Waals surface area contributed by atoms with Gasteiger partial charge in [-0.3, -0.25) is 4.79 Å². The van der Waals surface area contributed by atoms with Gasteiger partial charge in [-0.2, -0.15) is 0 Å². The van der Waals surface area contributed by atoms with Crippen LogP contribution in [0.2, 0.25) is 0 Å². The fourth-order valence-corrected chi connectivity index (χ4v) is 2.82. The molecular weight excluding hydrogens is 264 g/mol. The van der Waals surface area contributed by atoms with Crippen molar-refractivity contribution in [3.8, 4) is 0 Å². The Morgan fingerprint density at radius 1 is 1.48 bits per heavy atom. The van der Waals surface area contributed by atoms with Crippen molar-refractivity contribution < 1.29 is 9.53 Å². The molecule has 116 valence electrons. The van der Waals surface area contributed by atoms with Crippen LogP contribution in [0.15, 0.2) is 18.2 Å². The first-order chi connectivity index (χ1) is 10.0. The molecule has 4 heteroatoms. The molecule has 0 aromatic heterocycles. The lowest BCUT2D eigenvalue weighted by Crippen LogP contribution is -2.41. The Balaban J connectivity index is 2.22. The van der Waals surface area contributed by atoms with Crippen LogP contribution < -0.4 is 5.32 Å². The van der Waals surface area contributed by atoms with Crippen molar-refractivity contribution in [1.29, 1.82) is 0 Å².